The summed E-state index contributed by atoms with van der Waals surface area (Å²) < 4.78 is 6.75. The molecular formula is C27H31N5O. The molecule has 33 heavy (non-hydrogen) atoms. The third-order valence-corrected chi connectivity index (χ3v) is 7.29. The Morgan fingerprint density at radius 2 is 2.00 bits per heavy atom. The van der Waals surface area contributed by atoms with Gasteiger partial charge in [-0.2, -0.15) is 0 Å². The molecule has 1 spiro atoms. The molecule has 0 amide bonds. The summed E-state index contributed by atoms with van der Waals surface area (Å²) >= 11 is 0. The van der Waals surface area contributed by atoms with E-state index in [0.29, 0.717) is 5.92 Å². The number of allylic oxidation sites excluding steroid dienone is 4. The van der Waals surface area contributed by atoms with Gasteiger partial charge in [0, 0.05) is 67.0 Å². The van der Waals surface area contributed by atoms with Crippen LogP contribution >= 0.6 is 0 Å². The molecule has 1 aliphatic carbocycles. The van der Waals surface area contributed by atoms with Crippen molar-refractivity contribution in [2.45, 2.75) is 31.3 Å². The Labute approximate surface area is 195 Å². The van der Waals surface area contributed by atoms with E-state index in [2.05, 4.69) is 68.5 Å². The highest BCUT2D eigenvalue weighted by atomic mass is 16.5. The Hall–Kier alpha value is -3.25. The molecule has 0 radical (unpaired) electrons. The summed E-state index contributed by atoms with van der Waals surface area (Å²) in [5.41, 5.74) is 6.00. The van der Waals surface area contributed by atoms with E-state index in [0.717, 1.165) is 69.0 Å². The highest BCUT2D eigenvalue weighted by molar-refractivity contribution is 5.70. The van der Waals surface area contributed by atoms with Crippen LogP contribution in [-0.4, -0.2) is 36.8 Å². The van der Waals surface area contributed by atoms with Gasteiger partial charge in [0.25, 0.3) is 0 Å². The summed E-state index contributed by atoms with van der Waals surface area (Å²) in [4.78, 5) is 6.67. The zero-order chi connectivity index (χ0) is 22.1. The van der Waals surface area contributed by atoms with Gasteiger partial charge in [0.1, 0.15) is 11.4 Å². The first kappa shape index (κ1) is 20.4. The fourth-order valence-corrected chi connectivity index (χ4v) is 5.49. The summed E-state index contributed by atoms with van der Waals surface area (Å²) in [6, 6.07) is 10.5. The third kappa shape index (κ3) is 4.11. The number of hydrogen-bond acceptors (Lipinski definition) is 6. The lowest BCUT2D eigenvalue weighted by atomic mass is 9.88. The number of benzene rings is 1. The Balaban J connectivity index is 1.24. The van der Waals surface area contributed by atoms with E-state index in [1.165, 1.54) is 17.0 Å². The lowest BCUT2D eigenvalue weighted by Crippen LogP contribution is -2.56. The first-order chi connectivity index (χ1) is 16.3. The van der Waals surface area contributed by atoms with Gasteiger partial charge in [0.05, 0.1) is 12.2 Å². The zero-order valence-corrected chi connectivity index (χ0v) is 18.9. The fraction of sp³-hybridized carbons (Fsp3) is 0.370. The maximum atomic E-state index is 6.75. The fourth-order valence-electron chi connectivity index (χ4n) is 5.49. The molecule has 6 heteroatoms. The minimum absolute atomic E-state index is 0.117. The first-order valence-corrected chi connectivity index (χ1v) is 12.1. The molecule has 1 aromatic heterocycles. The molecular weight excluding hydrogens is 410 g/mol. The first-order valence-electron chi connectivity index (χ1n) is 12.1. The van der Waals surface area contributed by atoms with Crippen molar-refractivity contribution in [3.05, 3.63) is 78.4 Å². The number of ether oxygens (including phenoxy) is 1. The van der Waals surface area contributed by atoms with Gasteiger partial charge in [-0.1, -0.05) is 12.2 Å². The highest BCUT2D eigenvalue weighted by Crippen LogP contribution is 2.43. The predicted molar refractivity (Wildman–Crippen MR) is 133 cm³/mol. The summed E-state index contributed by atoms with van der Waals surface area (Å²) in [5, 5.41) is 10.5. The van der Waals surface area contributed by atoms with Crippen LogP contribution in [0.2, 0.25) is 0 Å². The minimum atomic E-state index is -0.117. The molecule has 6 nitrogen and oxygen atoms in total. The number of nitrogens with zero attached hydrogens (tertiary/aromatic N) is 2. The minimum Gasteiger partial charge on any atom is -0.483 e. The molecule has 170 valence electrons. The Bertz CT molecular complexity index is 1100. The predicted octanol–water partition coefficient (Wildman–Crippen LogP) is 4.48. The highest BCUT2D eigenvalue weighted by Gasteiger charge is 2.41. The van der Waals surface area contributed by atoms with Crippen LogP contribution in [0.5, 0.6) is 5.75 Å². The zero-order valence-electron chi connectivity index (χ0n) is 18.9. The van der Waals surface area contributed by atoms with Gasteiger partial charge in [-0.3, -0.25) is 4.98 Å². The second-order valence-electron chi connectivity index (χ2n) is 9.45. The Morgan fingerprint density at radius 1 is 1.12 bits per heavy atom. The second-order valence-corrected chi connectivity index (χ2v) is 9.45. The van der Waals surface area contributed by atoms with Gasteiger partial charge in [0.15, 0.2) is 0 Å². The second kappa shape index (κ2) is 8.60. The molecule has 6 rings (SSSR count). The van der Waals surface area contributed by atoms with Crippen molar-refractivity contribution in [3.8, 4) is 5.75 Å². The Kier molecular flexibility index (Phi) is 5.30. The van der Waals surface area contributed by atoms with Crippen molar-refractivity contribution in [1.29, 1.82) is 0 Å². The van der Waals surface area contributed by atoms with Crippen molar-refractivity contribution in [3.63, 3.8) is 0 Å². The average molecular weight is 442 g/mol. The maximum absolute atomic E-state index is 6.75. The molecule has 4 heterocycles. The summed E-state index contributed by atoms with van der Waals surface area (Å²) in [6.07, 6.45) is 16.7. The Morgan fingerprint density at radius 3 is 2.88 bits per heavy atom. The van der Waals surface area contributed by atoms with Gasteiger partial charge in [-0.15, -0.1) is 0 Å². The lowest BCUT2D eigenvalue weighted by Gasteiger charge is -2.47. The molecule has 4 aliphatic rings. The van der Waals surface area contributed by atoms with Gasteiger partial charge in [0.2, 0.25) is 0 Å². The molecule has 3 N–H and O–H groups in total. The smallest absolute Gasteiger partial charge is 0.145 e. The number of hydrogen-bond donors (Lipinski definition) is 3. The van der Waals surface area contributed by atoms with Gasteiger partial charge in [-0.25, -0.2) is 0 Å². The summed E-state index contributed by atoms with van der Waals surface area (Å²) in [6.45, 7) is 3.97. The summed E-state index contributed by atoms with van der Waals surface area (Å²) in [7, 11) is 0. The van der Waals surface area contributed by atoms with E-state index in [4.69, 9.17) is 4.74 Å². The molecule has 1 atom stereocenters. The number of nitrogens with one attached hydrogen (secondary N) is 3. The third-order valence-electron chi connectivity index (χ3n) is 7.29. The van der Waals surface area contributed by atoms with Crippen molar-refractivity contribution < 1.29 is 4.74 Å². The standard InChI is InChI=1S/C27H31N5O/c1-2-4-24-23(3-1)20(18-30-24)9-16-32-19-27(10-14-29-15-11-27)33-26-17-22(5-6-25(26)32)31-21-7-12-28-13-8-21/h1-2,4-8,12-13,17-18,23,29-30H,3,9-11,14-16,19H2,(H,28,31). The number of rotatable bonds is 5. The average Bonchev–Trinajstić information content (AvgIpc) is 3.26. The molecule has 1 aromatic carbocycles. The molecule has 1 saturated heterocycles. The van der Waals surface area contributed by atoms with E-state index < -0.39 is 0 Å². The molecule has 0 bridgehead atoms. The van der Waals surface area contributed by atoms with Crippen LogP contribution in [0.15, 0.2) is 78.4 Å². The van der Waals surface area contributed by atoms with Crippen molar-refractivity contribution >= 4 is 17.1 Å². The van der Waals surface area contributed by atoms with Crippen LogP contribution in [0.4, 0.5) is 17.1 Å². The molecule has 3 aliphatic heterocycles. The van der Waals surface area contributed by atoms with Crippen LogP contribution in [-0.2, 0) is 0 Å². The van der Waals surface area contributed by atoms with Crippen molar-refractivity contribution in [1.82, 2.24) is 15.6 Å². The SMILES string of the molecule is C1=CCC2C(CCN3CC4(CCNCC4)Oc4cc(Nc5ccncc5)ccc43)=CNC2=C1. The number of fused-ring (bicyclic) bond motifs is 2. The lowest BCUT2D eigenvalue weighted by molar-refractivity contribution is 0.0350. The van der Waals surface area contributed by atoms with Crippen LogP contribution in [0.1, 0.15) is 25.7 Å². The van der Waals surface area contributed by atoms with Crippen LogP contribution in [0.25, 0.3) is 0 Å². The van der Waals surface area contributed by atoms with E-state index in [9.17, 15) is 0 Å². The van der Waals surface area contributed by atoms with E-state index in [1.807, 2.05) is 12.1 Å². The number of aromatic nitrogens is 1. The molecule has 0 saturated carbocycles. The van der Waals surface area contributed by atoms with Crippen molar-refractivity contribution in [2.75, 3.05) is 36.4 Å². The van der Waals surface area contributed by atoms with Gasteiger partial charge < -0.3 is 25.6 Å². The van der Waals surface area contributed by atoms with E-state index >= 15 is 0 Å². The number of anilines is 3. The maximum Gasteiger partial charge on any atom is 0.145 e. The van der Waals surface area contributed by atoms with Crippen LogP contribution < -0.4 is 25.6 Å². The van der Waals surface area contributed by atoms with Gasteiger partial charge in [-0.05, 0) is 61.8 Å². The number of piperidine rings is 1. The molecule has 1 unspecified atom stereocenters. The summed E-state index contributed by atoms with van der Waals surface area (Å²) in [5.74, 6) is 1.51. The molecule has 2 aromatic rings. The van der Waals surface area contributed by atoms with E-state index in [1.54, 1.807) is 12.4 Å². The van der Waals surface area contributed by atoms with Crippen molar-refractivity contribution in [2.24, 2.45) is 5.92 Å². The van der Waals surface area contributed by atoms with E-state index in [-0.39, 0.29) is 5.60 Å². The normalized spacial score (nSPS) is 22.5. The monoisotopic (exact) mass is 441 g/mol. The largest absolute Gasteiger partial charge is 0.483 e. The molecule has 1 fully saturated rings. The number of pyridine rings is 1. The van der Waals surface area contributed by atoms with Gasteiger partial charge >= 0.3 is 0 Å². The quantitative estimate of drug-likeness (QED) is 0.636. The topological polar surface area (TPSA) is 61.5 Å². The van der Waals surface area contributed by atoms with Crippen LogP contribution in [0.3, 0.4) is 0 Å². The van der Waals surface area contributed by atoms with Crippen LogP contribution in [0, 0.1) is 5.92 Å².